The average molecular weight is 457 g/mol. The first kappa shape index (κ1) is 24.1. The minimum atomic E-state index is -0.115. The standard InChI is InChI=1S/C25H40N6O2/c1-25(2,3)24(27-23(33)20-6-5-9-26-18-20)31-12-10-28(11-13-31)19-22(32)30-16-14-29(15-17-30)21-7-4-8-21/h5-6,9,18,21,24H,4,7-8,10-17,19H2,1-3H3,(H,27,33). The molecule has 8 nitrogen and oxygen atoms in total. The van der Waals surface area contributed by atoms with E-state index in [0.717, 1.165) is 58.4 Å². The van der Waals surface area contributed by atoms with Gasteiger partial charge in [-0.3, -0.25) is 29.3 Å². The Hall–Kier alpha value is -2.03. The number of nitrogens with one attached hydrogen (secondary N) is 1. The Labute approximate surface area is 198 Å². The van der Waals surface area contributed by atoms with E-state index in [9.17, 15) is 9.59 Å². The summed E-state index contributed by atoms with van der Waals surface area (Å²) in [6, 6.07) is 4.34. The van der Waals surface area contributed by atoms with Crippen molar-refractivity contribution in [2.75, 3.05) is 58.9 Å². The van der Waals surface area contributed by atoms with Crippen molar-refractivity contribution in [3.8, 4) is 0 Å². The Bertz CT molecular complexity index is 791. The number of pyridine rings is 1. The lowest BCUT2D eigenvalue weighted by atomic mass is 9.90. The number of nitrogens with zero attached hydrogens (tertiary/aromatic N) is 5. The molecule has 0 radical (unpaired) electrons. The molecule has 33 heavy (non-hydrogen) atoms. The fraction of sp³-hybridized carbons (Fsp3) is 0.720. The Morgan fingerprint density at radius 3 is 2.30 bits per heavy atom. The molecule has 182 valence electrons. The van der Waals surface area contributed by atoms with Crippen molar-refractivity contribution in [3.63, 3.8) is 0 Å². The van der Waals surface area contributed by atoms with Crippen molar-refractivity contribution in [1.29, 1.82) is 0 Å². The molecule has 0 bridgehead atoms. The van der Waals surface area contributed by atoms with Crippen LogP contribution in [0.4, 0.5) is 0 Å². The van der Waals surface area contributed by atoms with Crippen molar-refractivity contribution < 1.29 is 9.59 Å². The minimum absolute atomic E-state index is 0.0809. The summed E-state index contributed by atoms with van der Waals surface area (Å²) in [6.07, 6.45) is 7.21. The van der Waals surface area contributed by atoms with Crippen LogP contribution < -0.4 is 5.32 Å². The first-order chi connectivity index (χ1) is 15.8. The lowest BCUT2D eigenvalue weighted by Crippen LogP contribution is -2.61. The van der Waals surface area contributed by atoms with Crippen LogP contribution in [0.3, 0.4) is 0 Å². The molecule has 2 amide bonds. The second-order valence-corrected chi connectivity index (χ2v) is 10.8. The summed E-state index contributed by atoms with van der Waals surface area (Å²) in [5.41, 5.74) is 0.462. The number of rotatable bonds is 6. The fourth-order valence-electron chi connectivity index (χ4n) is 5.12. The van der Waals surface area contributed by atoms with E-state index < -0.39 is 0 Å². The number of aromatic nitrogens is 1. The highest BCUT2D eigenvalue weighted by Crippen LogP contribution is 2.26. The molecule has 1 aliphatic carbocycles. The molecule has 1 saturated carbocycles. The first-order valence-electron chi connectivity index (χ1n) is 12.5. The van der Waals surface area contributed by atoms with E-state index in [4.69, 9.17) is 0 Å². The molecular formula is C25H40N6O2. The smallest absolute Gasteiger partial charge is 0.254 e. The molecule has 4 rings (SSSR count). The quantitative estimate of drug-likeness (QED) is 0.700. The van der Waals surface area contributed by atoms with Gasteiger partial charge < -0.3 is 10.2 Å². The topological polar surface area (TPSA) is 72.0 Å². The number of hydrogen-bond acceptors (Lipinski definition) is 6. The van der Waals surface area contributed by atoms with Gasteiger partial charge in [0.15, 0.2) is 0 Å². The van der Waals surface area contributed by atoms with Crippen molar-refractivity contribution in [2.24, 2.45) is 5.41 Å². The van der Waals surface area contributed by atoms with Gasteiger partial charge in [-0.2, -0.15) is 0 Å². The van der Waals surface area contributed by atoms with Crippen molar-refractivity contribution in [3.05, 3.63) is 30.1 Å². The third-order valence-electron chi connectivity index (χ3n) is 7.40. The second kappa shape index (κ2) is 10.5. The molecule has 3 fully saturated rings. The highest BCUT2D eigenvalue weighted by atomic mass is 16.2. The lowest BCUT2D eigenvalue weighted by Gasteiger charge is -2.45. The third kappa shape index (κ3) is 6.11. The average Bonchev–Trinajstić information content (AvgIpc) is 2.77. The lowest BCUT2D eigenvalue weighted by molar-refractivity contribution is -0.135. The van der Waals surface area contributed by atoms with E-state index in [1.54, 1.807) is 24.5 Å². The van der Waals surface area contributed by atoms with Gasteiger partial charge in [-0.05, 0) is 30.4 Å². The van der Waals surface area contributed by atoms with E-state index in [1.807, 2.05) is 4.90 Å². The largest absolute Gasteiger partial charge is 0.339 e. The van der Waals surface area contributed by atoms with Crippen LogP contribution in [0.2, 0.25) is 0 Å². The molecule has 1 aromatic rings. The maximum Gasteiger partial charge on any atom is 0.254 e. The molecule has 1 N–H and O–H groups in total. The van der Waals surface area contributed by atoms with Gasteiger partial charge in [0.25, 0.3) is 5.91 Å². The van der Waals surface area contributed by atoms with Crippen molar-refractivity contribution in [1.82, 2.24) is 29.9 Å². The molecule has 3 aliphatic rings. The molecule has 1 unspecified atom stereocenters. The Morgan fingerprint density at radius 1 is 1.06 bits per heavy atom. The number of carbonyl (C=O) groups is 2. The summed E-state index contributed by atoms with van der Waals surface area (Å²) in [5, 5.41) is 3.22. The first-order valence-corrected chi connectivity index (χ1v) is 12.5. The van der Waals surface area contributed by atoms with Crippen LogP contribution in [0.15, 0.2) is 24.5 Å². The highest BCUT2D eigenvalue weighted by Gasteiger charge is 2.35. The van der Waals surface area contributed by atoms with Crippen LogP contribution in [-0.4, -0.2) is 108 Å². The summed E-state index contributed by atoms with van der Waals surface area (Å²) in [4.78, 5) is 39.0. The van der Waals surface area contributed by atoms with Gasteiger partial charge in [0.05, 0.1) is 18.3 Å². The van der Waals surface area contributed by atoms with E-state index in [2.05, 4.69) is 45.8 Å². The zero-order valence-electron chi connectivity index (χ0n) is 20.5. The van der Waals surface area contributed by atoms with E-state index in [-0.39, 0.29) is 23.4 Å². The number of hydrogen-bond donors (Lipinski definition) is 1. The SMILES string of the molecule is CC(C)(C)C(NC(=O)c1cccnc1)N1CCN(CC(=O)N2CCN(C3CCC3)CC2)CC1. The van der Waals surface area contributed by atoms with Crippen LogP contribution in [0.5, 0.6) is 0 Å². The number of amides is 2. The van der Waals surface area contributed by atoms with Gasteiger partial charge in [0.2, 0.25) is 5.91 Å². The van der Waals surface area contributed by atoms with E-state index >= 15 is 0 Å². The molecular weight excluding hydrogens is 416 g/mol. The van der Waals surface area contributed by atoms with Crippen molar-refractivity contribution >= 4 is 11.8 Å². The van der Waals surface area contributed by atoms with Crippen LogP contribution >= 0.6 is 0 Å². The van der Waals surface area contributed by atoms with Gasteiger partial charge >= 0.3 is 0 Å². The molecule has 3 heterocycles. The molecule has 0 aromatic carbocycles. The maximum atomic E-state index is 12.9. The zero-order chi connectivity index (χ0) is 23.4. The molecule has 2 saturated heterocycles. The van der Waals surface area contributed by atoms with Crippen LogP contribution in [0.25, 0.3) is 0 Å². The number of carbonyl (C=O) groups excluding carboxylic acids is 2. The highest BCUT2D eigenvalue weighted by molar-refractivity contribution is 5.94. The molecule has 2 aliphatic heterocycles. The van der Waals surface area contributed by atoms with Gasteiger partial charge in [-0.1, -0.05) is 27.2 Å². The number of piperazine rings is 2. The van der Waals surface area contributed by atoms with Gasteiger partial charge in [0, 0.05) is 70.8 Å². The van der Waals surface area contributed by atoms with E-state index in [1.165, 1.54) is 19.3 Å². The molecule has 0 spiro atoms. The Kier molecular flexibility index (Phi) is 7.66. The van der Waals surface area contributed by atoms with Gasteiger partial charge in [0.1, 0.15) is 0 Å². The summed E-state index contributed by atoms with van der Waals surface area (Å²) < 4.78 is 0. The van der Waals surface area contributed by atoms with Crippen LogP contribution in [0, 0.1) is 5.41 Å². The maximum absolute atomic E-state index is 12.9. The van der Waals surface area contributed by atoms with Crippen LogP contribution in [0.1, 0.15) is 50.4 Å². The molecule has 1 aromatic heterocycles. The fourth-order valence-corrected chi connectivity index (χ4v) is 5.12. The summed E-state index contributed by atoms with van der Waals surface area (Å²) in [6.45, 7) is 14.1. The van der Waals surface area contributed by atoms with Crippen molar-refractivity contribution in [2.45, 2.75) is 52.2 Å². The normalized spacial score (nSPS) is 22.6. The predicted octanol–water partition coefficient (Wildman–Crippen LogP) is 1.50. The zero-order valence-corrected chi connectivity index (χ0v) is 20.5. The third-order valence-corrected chi connectivity index (χ3v) is 7.40. The van der Waals surface area contributed by atoms with Crippen LogP contribution in [-0.2, 0) is 4.79 Å². The van der Waals surface area contributed by atoms with Gasteiger partial charge in [-0.25, -0.2) is 0 Å². The molecule has 1 atom stereocenters. The predicted molar refractivity (Wildman–Crippen MR) is 129 cm³/mol. The Balaban J connectivity index is 1.25. The second-order valence-electron chi connectivity index (χ2n) is 10.8. The van der Waals surface area contributed by atoms with E-state index in [0.29, 0.717) is 12.1 Å². The summed E-state index contributed by atoms with van der Waals surface area (Å²) in [5.74, 6) is 0.163. The minimum Gasteiger partial charge on any atom is -0.339 e. The summed E-state index contributed by atoms with van der Waals surface area (Å²) in [7, 11) is 0. The Morgan fingerprint density at radius 2 is 1.76 bits per heavy atom. The molecule has 8 heteroatoms. The monoisotopic (exact) mass is 456 g/mol. The van der Waals surface area contributed by atoms with Gasteiger partial charge in [-0.15, -0.1) is 0 Å². The summed E-state index contributed by atoms with van der Waals surface area (Å²) >= 11 is 0.